The van der Waals surface area contributed by atoms with Gasteiger partial charge in [-0.25, -0.2) is 23.9 Å². The number of halogens is 2. The highest BCUT2D eigenvalue weighted by Crippen LogP contribution is 2.54. The number of anilines is 1. The molecule has 2 N–H and O–H groups in total. The van der Waals surface area contributed by atoms with Crippen LogP contribution in [-0.2, 0) is 36.7 Å². The first-order valence-electron chi connectivity index (χ1n) is 20.9. The maximum atomic E-state index is 13.2. The second kappa shape index (κ2) is 21.8. The van der Waals surface area contributed by atoms with Crippen molar-refractivity contribution in [3.05, 3.63) is 140 Å². The van der Waals surface area contributed by atoms with Gasteiger partial charge in [0.05, 0.1) is 18.5 Å². The molecule has 1 amide bonds. The Hall–Kier alpha value is -5.24. The number of nitrogens with one attached hydrogen (secondary N) is 2. The Morgan fingerprint density at radius 1 is 0.776 bits per heavy atom. The molecule has 0 aliphatic carbocycles. The minimum absolute atomic E-state index is 0.114. The summed E-state index contributed by atoms with van der Waals surface area (Å²) in [5.74, 6) is 0.771. The number of imidazole rings is 1. The van der Waals surface area contributed by atoms with Crippen LogP contribution in [0, 0.1) is 6.92 Å². The van der Waals surface area contributed by atoms with Gasteiger partial charge in [-0.15, -0.1) is 0 Å². The highest BCUT2D eigenvalue weighted by molar-refractivity contribution is 7.49. The SMILES string of the molecule is CCC1OC(n2ccc(NC(=O)c3ccccc3)nc2=O)CC1OP(=O)(OC)Oc1ccc(Cl)cc1.CCC1OC(n2cnc3c(=O)[nH]c(C)nc32)CC1OP(=O)(OC)Oc1ccc(Cl)cc1. The summed E-state index contributed by atoms with van der Waals surface area (Å²) in [5, 5.41) is 3.62. The first-order valence-corrected chi connectivity index (χ1v) is 24.6. The number of ether oxygens (including phenoxy) is 2. The van der Waals surface area contributed by atoms with Gasteiger partial charge in [0.25, 0.3) is 11.5 Å². The molecule has 20 nitrogen and oxygen atoms in total. The zero-order valence-electron chi connectivity index (χ0n) is 36.7. The van der Waals surface area contributed by atoms with Crippen LogP contribution >= 0.6 is 38.8 Å². The minimum Gasteiger partial charge on any atom is -0.404 e. The maximum Gasteiger partial charge on any atom is 0.530 e. The third-order valence-corrected chi connectivity index (χ3v) is 13.8. The number of phosphoric acid groups is 2. The molecule has 0 radical (unpaired) electrons. The lowest BCUT2D eigenvalue weighted by Crippen LogP contribution is -2.28. The van der Waals surface area contributed by atoms with Crippen LogP contribution in [0.15, 0.2) is 107 Å². The molecule has 0 bridgehead atoms. The lowest BCUT2D eigenvalue weighted by molar-refractivity contribution is -0.0217. The molecule has 5 heterocycles. The van der Waals surface area contributed by atoms with Crippen LogP contribution in [0.3, 0.4) is 0 Å². The summed E-state index contributed by atoms with van der Waals surface area (Å²) in [4.78, 5) is 52.3. The largest absolute Gasteiger partial charge is 0.530 e. The first-order chi connectivity index (χ1) is 32.1. The number of H-pyrrole nitrogens is 1. The van der Waals surface area contributed by atoms with Crippen LogP contribution in [0.2, 0.25) is 10.0 Å². The summed E-state index contributed by atoms with van der Waals surface area (Å²) in [6.45, 7) is 5.50. The molecule has 8 atom stereocenters. The van der Waals surface area contributed by atoms with E-state index < -0.39 is 52.1 Å². The van der Waals surface area contributed by atoms with Gasteiger partial charge in [-0.05, 0) is 86.5 Å². The number of amides is 1. The molecule has 2 saturated heterocycles. The Bertz CT molecular complexity index is 2870. The fourth-order valence-corrected chi connectivity index (χ4v) is 9.73. The molecule has 6 aromatic rings. The monoisotopic (exact) mass is 1000 g/mol. The van der Waals surface area contributed by atoms with Crippen molar-refractivity contribution in [3.8, 4) is 11.5 Å². The number of hydrogen-bond acceptors (Lipinski definition) is 16. The highest BCUT2D eigenvalue weighted by Gasteiger charge is 2.44. The van der Waals surface area contributed by atoms with E-state index in [0.29, 0.717) is 52.1 Å². The van der Waals surface area contributed by atoms with Crippen LogP contribution in [0.4, 0.5) is 5.82 Å². The molecule has 2 fully saturated rings. The normalized spacial score (nSPS) is 22.0. The molecule has 8 rings (SSSR count). The van der Waals surface area contributed by atoms with Crippen molar-refractivity contribution in [1.29, 1.82) is 0 Å². The number of aryl methyl sites for hydroxylation is 1. The van der Waals surface area contributed by atoms with Gasteiger partial charge < -0.3 is 28.8 Å². The van der Waals surface area contributed by atoms with E-state index in [1.807, 2.05) is 13.8 Å². The third kappa shape index (κ3) is 12.3. The molecule has 2 aliphatic rings. The minimum atomic E-state index is -3.99. The molecular formula is C43H47Cl2N7O13P2. The van der Waals surface area contributed by atoms with E-state index in [1.54, 1.807) is 90.4 Å². The van der Waals surface area contributed by atoms with Crippen molar-refractivity contribution < 1.29 is 50.5 Å². The van der Waals surface area contributed by atoms with Crippen molar-refractivity contribution in [2.45, 2.75) is 83.3 Å². The van der Waals surface area contributed by atoms with Crippen molar-refractivity contribution in [3.63, 3.8) is 0 Å². The fraction of sp³-hybridized carbons (Fsp3) is 0.349. The van der Waals surface area contributed by atoms with E-state index in [4.69, 9.17) is 59.8 Å². The molecule has 2 aliphatic heterocycles. The third-order valence-electron chi connectivity index (χ3n) is 10.5. The van der Waals surface area contributed by atoms with Gasteiger partial charge in [0, 0.05) is 48.9 Å². The Morgan fingerprint density at radius 3 is 1.79 bits per heavy atom. The zero-order chi connectivity index (χ0) is 47.9. The molecular weight excluding hydrogens is 955 g/mol. The number of aromatic amines is 1. The average molecular weight is 1000 g/mol. The predicted octanol–water partition coefficient (Wildman–Crippen LogP) is 9.06. The summed E-state index contributed by atoms with van der Waals surface area (Å²) in [5.41, 5.74) is 0.138. The van der Waals surface area contributed by atoms with Gasteiger partial charge >= 0.3 is 21.3 Å². The standard InChI is InChI=1S/C24H25ClN3O7P.C19H22ClN4O6P/c1-3-19-20(35-36(31,32-2)34-18-11-9-17(25)10-12-18)15-22(33-19)28-14-13-21(27-24(28)30)26-23(29)16-7-5-4-6-8-16;1-4-14-15(30-31(26,27-3)29-13-7-5-12(20)6-8-13)9-16(28-14)24-10-21-17-18(24)22-11(2)23-19(17)25/h4-14,19-20,22H,3,15H2,1-2H3,(H,26,27,29,30);5-8,10,14-16H,4,9H2,1-3H3,(H,22,23,25). The summed E-state index contributed by atoms with van der Waals surface area (Å²) in [6.07, 6.45) is 1.33. The van der Waals surface area contributed by atoms with Gasteiger partial charge in [0.1, 0.15) is 47.8 Å². The first kappa shape index (κ1) is 49.7. The van der Waals surface area contributed by atoms with Gasteiger partial charge in [-0.2, -0.15) is 4.98 Å². The lowest BCUT2D eigenvalue weighted by atomic mass is 10.1. The van der Waals surface area contributed by atoms with E-state index in [1.165, 1.54) is 37.4 Å². The van der Waals surface area contributed by atoms with E-state index in [2.05, 4.69) is 25.3 Å². The second-order valence-corrected chi connectivity index (χ2v) is 19.2. The summed E-state index contributed by atoms with van der Waals surface area (Å²) < 4.78 is 74.1. The molecule has 0 spiro atoms. The second-order valence-electron chi connectivity index (χ2n) is 15.0. The number of hydrogen-bond donors (Lipinski definition) is 2. The van der Waals surface area contributed by atoms with E-state index in [0.717, 1.165) is 0 Å². The summed E-state index contributed by atoms with van der Waals surface area (Å²) in [6, 6.07) is 22.7. The predicted molar refractivity (Wildman–Crippen MR) is 247 cm³/mol. The van der Waals surface area contributed by atoms with Crippen LogP contribution in [0.5, 0.6) is 11.5 Å². The Labute approximate surface area is 394 Å². The molecule has 8 unspecified atom stereocenters. The highest BCUT2D eigenvalue weighted by atomic mass is 35.5. The fourth-order valence-electron chi connectivity index (χ4n) is 7.20. The van der Waals surface area contributed by atoms with Crippen molar-refractivity contribution in [1.82, 2.24) is 29.1 Å². The molecule has 67 heavy (non-hydrogen) atoms. The van der Waals surface area contributed by atoms with Gasteiger partial charge in [-0.1, -0.05) is 55.2 Å². The smallest absolute Gasteiger partial charge is 0.404 e. The van der Waals surface area contributed by atoms with E-state index >= 15 is 0 Å². The summed E-state index contributed by atoms with van der Waals surface area (Å²) >= 11 is 11.8. The number of rotatable bonds is 16. The van der Waals surface area contributed by atoms with Crippen LogP contribution < -0.4 is 25.6 Å². The van der Waals surface area contributed by atoms with Crippen molar-refractivity contribution in [2.24, 2.45) is 0 Å². The molecule has 356 valence electrons. The van der Waals surface area contributed by atoms with Crippen LogP contribution in [0.1, 0.15) is 68.2 Å². The average Bonchev–Trinajstić information content (AvgIpc) is 4.05. The number of nitrogens with zero attached hydrogens (tertiary/aromatic N) is 5. The Balaban J connectivity index is 0.000000201. The maximum absolute atomic E-state index is 13.2. The number of carbonyl (C=O) groups excluding carboxylic acids is 1. The van der Waals surface area contributed by atoms with Gasteiger partial charge in [0.15, 0.2) is 11.2 Å². The quantitative estimate of drug-likeness (QED) is 0.0860. The molecule has 3 aromatic heterocycles. The number of aromatic nitrogens is 6. The Morgan fingerprint density at radius 2 is 1.30 bits per heavy atom. The van der Waals surface area contributed by atoms with Crippen LogP contribution in [-0.4, -0.2) is 73.6 Å². The molecule has 0 saturated carbocycles. The number of phosphoric ester groups is 2. The number of fused-ring (bicyclic) bond motifs is 1. The molecule has 3 aromatic carbocycles. The van der Waals surface area contributed by atoms with Gasteiger partial charge in [-0.3, -0.25) is 36.8 Å². The Kier molecular flexibility index (Phi) is 16.2. The van der Waals surface area contributed by atoms with Crippen molar-refractivity contribution in [2.75, 3.05) is 19.5 Å². The lowest BCUT2D eigenvalue weighted by Gasteiger charge is -2.22. The molecule has 24 heteroatoms. The van der Waals surface area contributed by atoms with Crippen molar-refractivity contribution >= 4 is 61.7 Å². The topological polar surface area (TPSA) is 236 Å². The van der Waals surface area contributed by atoms with Crippen LogP contribution in [0.25, 0.3) is 11.2 Å². The van der Waals surface area contributed by atoms with Gasteiger partial charge in [0.2, 0.25) is 0 Å². The van der Waals surface area contributed by atoms with E-state index in [-0.39, 0.29) is 41.1 Å². The number of carbonyl (C=O) groups is 1. The summed E-state index contributed by atoms with van der Waals surface area (Å²) in [7, 11) is -5.43. The van der Waals surface area contributed by atoms with E-state index in [9.17, 15) is 23.5 Å². The number of benzene rings is 3. The zero-order valence-corrected chi connectivity index (χ0v) is 40.0.